The van der Waals surface area contributed by atoms with Crippen LogP contribution in [-0.4, -0.2) is 58.2 Å². The van der Waals surface area contributed by atoms with Gasteiger partial charge in [-0.25, -0.2) is 9.97 Å². The van der Waals surface area contributed by atoms with Gasteiger partial charge in [-0.2, -0.15) is 5.26 Å². The third-order valence-electron chi connectivity index (χ3n) is 6.04. The summed E-state index contributed by atoms with van der Waals surface area (Å²) >= 11 is 1.47. The molecule has 35 heavy (non-hydrogen) atoms. The minimum atomic E-state index is -0.376. The van der Waals surface area contributed by atoms with E-state index in [0.29, 0.717) is 53.4 Å². The van der Waals surface area contributed by atoms with E-state index in [1.165, 1.54) is 29.3 Å². The van der Waals surface area contributed by atoms with Crippen LogP contribution in [0.1, 0.15) is 21.6 Å². The molecule has 4 aromatic rings. The van der Waals surface area contributed by atoms with Crippen molar-refractivity contribution < 1.29 is 9.53 Å². The molecule has 1 saturated heterocycles. The van der Waals surface area contributed by atoms with Crippen LogP contribution >= 0.6 is 11.3 Å². The number of carbonyl (C=O) groups is 1. The number of anilines is 1. The predicted octanol–water partition coefficient (Wildman–Crippen LogP) is 1.88. The number of ether oxygens (including phenoxy) is 1. The average molecular weight is 490 g/mol. The maximum absolute atomic E-state index is 13.7. The molecule has 1 aliphatic rings. The molecule has 10 nitrogen and oxygen atoms in total. The molecule has 0 spiro atoms. The molecule has 0 saturated carbocycles. The Bertz CT molecular complexity index is 1480. The Morgan fingerprint density at radius 1 is 1.29 bits per heavy atom. The van der Waals surface area contributed by atoms with Gasteiger partial charge in [-0.3, -0.25) is 14.2 Å². The van der Waals surface area contributed by atoms with E-state index in [1.54, 1.807) is 29.8 Å². The van der Waals surface area contributed by atoms with Crippen molar-refractivity contribution in [2.75, 3.05) is 38.2 Å². The van der Waals surface area contributed by atoms with Crippen LogP contribution in [0, 0.1) is 11.3 Å². The maximum atomic E-state index is 13.7. The molecule has 0 aliphatic carbocycles. The molecule has 0 unspecified atom stereocenters. The number of hydrogen-bond acceptors (Lipinski definition) is 9. The first kappa shape index (κ1) is 22.8. The molecule has 5 rings (SSSR count). The second kappa shape index (κ2) is 9.69. The summed E-state index contributed by atoms with van der Waals surface area (Å²) in [6, 6.07) is 9.08. The van der Waals surface area contributed by atoms with Gasteiger partial charge < -0.3 is 19.5 Å². The maximum Gasteiger partial charge on any atom is 0.278 e. The second-order valence-corrected chi connectivity index (χ2v) is 8.86. The molecule has 1 aliphatic heterocycles. The fraction of sp³-hybridized carbons (Fsp3) is 0.292. The zero-order chi connectivity index (χ0) is 24.4. The van der Waals surface area contributed by atoms with Gasteiger partial charge in [0.15, 0.2) is 5.78 Å². The summed E-state index contributed by atoms with van der Waals surface area (Å²) in [5, 5.41) is 15.3. The van der Waals surface area contributed by atoms with Gasteiger partial charge in [0.05, 0.1) is 37.7 Å². The van der Waals surface area contributed by atoms with Crippen molar-refractivity contribution in [1.29, 1.82) is 5.26 Å². The monoisotopic (exact) mass is 489 g/mol. The third kappa shape index (κ3) is 4.29. The third-order valence-corrected chi connectivity index (χ3v) is 6.67. The van der Waals surface area contributed by atoms with E-state index in [2.05, 4.69) is 26.3 Å². The van der Waals surface area contributed by atoms with Gasteiger partial charge in [-0.15, -0.1) is 11.3 Å². The van der Waals surface area contributed by atoms with Crippen LogP contribution in [0.4, 0.5) is 5.82 Å². The predicted molar refractivity (Wildman–Crippen MR) is 132 cm³/mol. The molecule has 1 N–H and O–H groups in total. The van der Waals surface area contributed by atoms with Crippen LogP contribution in [0.15, 0.2) is 46.3 Å². The lowest BCUT2D eigenvalue weighted by Gasteiger charge is -2.30. The SMILES string of the molecule is COc1cccc(C(=O)Cn2cnc3c(C#N)c(N4CCNCC4)n(Cc4cscn4)c3c2=O)c1. The van der Waals surface area contributed by atoms with Crippen molar-refractivity contribution in [2.24, 2.45) is 0 Å². The number of ketones is 1. The van der Waals surface area contributed by atoms with E-state index in [1.807, 2.05) is 9.95 Å². The van der Waals surface area contributed by atoms with Crippen LogP contribution in [-0.2, 0) is 13.1 Å². The molecule has 4 heterocycles. The molecular formula is C24H23N7O3S. The standard InChI is InChI=1S/C24H23N7O3S/c1-34-18-4-2-3-16(9-18)20(32)12-30-14-27-21-19(10-25)23(29-7-5-26-6-8-29)31(22(21)24(30)33)11-17-13-35-15-28-17/h2-4,9,13-15,26H,5-8,11-12H2,1H3. The quantitative estimate of drug-likeness (QED) is 0.391. The molecule has 0 radical (unpaired) electrons. The number of hydrogen-bond donors (Lipinski definition) is 1. The summed E-state index contributed by atoms with van der Waals surface area (Å²) in [7, 11) is 1.53. The number of nitrogens with zero attached hydrogens (tertiary/aromatic N) is 6. The minimum absolute atomic E-state index is 0.179. The first-order valence-electron chi connectivity index (χ1n) is 11.1. The van der Waals surface area contributed by atoms with Crippen molar-refractivity contribution in [1.82, 2.24) is 24.4 Å². The van der Waals surface area contributed by atoms with E-state index < -0.39 is 0 Å². The van der Waals surface area contributed by atoms with Gasteiger partial charge >= 0.3 is 0 Å². The van der Waals surface area contributed by atoms with Crippen molar-refractivity contribution >= 4 is 34.0 Å². The van der Waals surface area contributed by atoms with Crippen LogP contribution in [0.5, 0.6) is 5.75 Å². The molecule has 0 bridgehead atoms. The number of nitriles is 1. The smallest absolute Gasteiger partial charge is 0.278 e. The Hall–Kier alpha value is -4.01. The zero-order valence-electron chi connectivity index (χ0n) is 19.1. The lowest BCUT2D eigenvalue weighted by Crippen LogP contribution is -2.44. The largest absolute Gasteiger partial charge is 0.497 e. The molecule has 11 heteroatoms. The highest BCUT2D eigenvalue weighted by Crippen LogP contribution is 2.31. The first-order chi connectivity index (χ1) is 17.1. The van der Waals surface area contributed by atoms with Gasteiger partial charge in [0.2, 0.25) is 0 Å². The van der Waals surface area contributed by atoms with Crippen LogP contribution < -0.4 is 20.5 Å². The Morgan fingerprint density at radius 2 is 2.11 bits per heavy atom. The minimum Gasteiger partial charge on any atom is -0.497 e. The average Bonchev–Trinajstić information content (AvgIpc) is 3.52. The summed E-state index contributed by atoms with van der Waals surface area (Å²) in [6.45, 7) is 3.09. The molecule has 178 valence electrons. The van der Waals surface area contributed by atoms with Gasteiger partial charge in [0.25, 0.3) is 5.56 Å². The van der Waals surface area contributed by atoms with Crippen LogP contribution in [0.3, 0.4) is 0 Å². The van der Waals surface area contributed by atoms with Crippen molar-refractivity contribution in [3.8, 4) is 11.8 Å². The molecule has 1 aromatic carbocycles. The lowest BCUT2D eigenvalue weighted by molar-refractivity contribution is 0.0970. The molecular weight excluding hydrogens is 466 g/mol. The Labute approximate surface area is 205 Å². The normalized spacial score (nSPS) is 13.7. The zero-order valence-corrected chi connectivity index (χ0v) is 19.9. The highest BCUT2D eigenvalue weighted by Gasteiger charge is 2.27. The first-order valence-corrected chi connectivity index (χ1v) is 12.1. The number of piperazine rings is 1. The molecule has 0 atom stereocenters. The number of thiazole rings is 1. The number of carbonyl (C=O) groups excluding carboxylic acids is 1. The van der Waals surface area contributed by atoms with E-state index in [-0.39, 0.29) is 17.9 Å². The van der Waals surface area contributed by atoms with Crippen LogP contribution in [0.2, 0.25) is 0 Å². The summed E-state index contributed by atoms with van der Waals surface area (Å²) in [5.74, 6) is 0.985. The Morgan fingerprint density at radius 3 is 2.83 bits per heavy atom. The molecule has 0 amide bonds. The highest BCUT2D eigenvalue weighted by molar-refractivity contribution is 7.07. The number of nitrogens with one attached hydrogen (secondary N) is 1. The topological polar surface area (TPSA) is 118 Å². The van der Waals surface area contributed by atoms with Crippen molar-refractivity contribution in [3.63, 3.8) is 0 Å². The van der Waals surface area contributed by atoms with Crippen molar-refractivity contribution in [2.45, 2.75) is 13.1 Å². The number of aromatic nitrogens is 4. The number of Topliss-reactive ketones (excluding diaryl/α,β-unsaturated/α-hetero) is 1. The fourth-order valence-electron chi connectivity index (χ4n) is 4.35. The van der Waals surface area contributed by atoms with Gasteiger partial charge in [-0.1, -0.05) is 12.1 Å². The Balaban J connectivity index is 1.63. The van der Waals surface area contributed by atoms with E-state index in [0.717, 1.165) is 18.8 Å². The molecule has 3 aromatic heterocycles. The number of fused-ring (bicyclic) bond motifs is 1. The summed E-state index contributed by atoms with van der Waals surface area (Å²) in [5.41, 5.74) is 3.58. The summed E-state index contributed by atoms with van der Waals surface area (Å²) < 4.78 is 8.33. The van der Waals surface area contributed by atoms with E-state index in [4.69, 9.17) is 4.74 Å². The summed E-state index contributed by atoms with van der Waals surface area (Å²) in [6.07, 6.45) is 1.35. The number of benzene rings is 1. The van der Waals surface area contributed by atoms with Crippen LogP contribution in [0.25, 0.3) is 11.0 Å². The van der Waals surface area contributed by atoms with E-state index >= 15 is 0 Å². The van der Waals surface area contributed by atoms with Gasteiger partial charge in [0.1, 0.15) is 34.2 Å². The van der Waals surface area contributed by atoms with Crippen molar-refractivity contribution in [3.05, 3.63) is 68.7 Å². The highest BCUT2D eigenvalue weighted by atomic mass is 32.1. The fourth-order valence-corrected chi connectivity index (χ4v) is 4.90. The number of methoxy groups -OCH3 is 1. The summed E-state index contributed by atoms with van der Waals surface area (Å²) in [4.78, 5) is 37.6. The molecule has 1 fully saturated rings. The van der Waals surface area contributed by atoms with Gasteiger partial charge in [-0.05, 0) is 12.1 Å². The number of rotatable bonds is 7. The second-order valence-electron chi connectivity index (χ2n) is 8.14. The Kier molecular flexibility index (Phi) is 6.31. The lowest BCUT2D eigenvalue weighted by atomic mass is 10.1. The van der Waals surface area contributed by atoms with E-state index in [9.17, 15) is 14.9 Å². The van der Waals surface area contributed by atoms with Gasteiger partial charge in [0, 0.05) is 37.1 Å².